The highest BCUT2D eigenvalue weighted by atomic mass is 127. The summed E-state index contributed by atoms with van der Waals surface area (Å²) >= 11 is 1.94. The van der Waals surface area contributed by atoms with Crippen molar-refractivity contribution in [2.45, 2.75) is 19.1 Å². The molecule has 0 saturated carbocycles. The Morgan fingerprint density at radius 1 is 1.36 bits per heavy atom. The van der Waals surface area contributed by atoms with Gasteiger partial charge in [-0.15, -0.1) is 0 Å². The van der Waals surface area contributed by atoms with Gasteiger partial charge >= 0.3 is 6.18 Å². The SMILES string of the molecule is O=c1ccc(I)cn1CCC(F)(F)F. The molecule has 1 rings (SSSR count). The maximum atomic E-state index is 11.9. The molecule has 0 spiro atoms. The van der Waals surface area contributed by atoms with Gasteiger partial charge in [0, 0.05) is 22.4 Å². The number of hydrogen-bond donors (Lipinski definition) is 0. The van der Waals surface area contributed by atoms with Gasteiger partial charge in [-0.25, -0.2) is 0 Å². The Kier molecular flexibility index (Phi) is 3.57. The first-order valence-electron chi connectivity index (χ1n) is 3.81. The van der Waals surface area contributed by atoms with Crippen molar-refractivity contribution < 1.29 is 13.2 Å². The molecule has 0 aliphatic carbocycles. The van der Waals surface area contributed by atoms with E-state index in [0.29, 0.717) is 0 Å². The van der Waals surface area contributed by atoms with E-state index in [1.54, 1.807) is 6.07 Å². The first-order valence-corrected chi connectivity index (χ1v) is 4.89. The van der Waals surface area contributed by atoms with Crippen molar-refractivity contribution in [1.82, 2.24) is 4.57 Å². The van der Waals surface area contributed by atoms with Gasteiger partial charge in [0.15, 0.2) is 0 Å². The maximum Gasteiger partial charge on any atom is 0.390 e. The van der Waals surface area contributed by atoms with Crippen LogP contribution in [0.4, 0.5) is 13.2 Å². The van der Waals surface area contributed by atoms with Gasteiger partial charge in [0.1, 0.15) is 0 Å². The fourth-order valence-electron chi connectivity index (χ4n) is 0.924. The molecule has 2 nitrogen and oxygen atoms in total. The lowest BCUT2D eigenvalue weighted by Gasteiger charge is -2.08. The highest BCUT2D eigenvalue weighted by molar-refractivity contribution is 14.1. The third kappa shape index (κ3) is 3.69. The van der Waals surface area contributed by atoms with Crippen molar-refractivity contribution in [1.29, 1.82) is 0 Å². The molecule has 78 valence electrons. The molecule has 1 heterocycles. The van der Waals surface area contributed by atoms with E-state index in [1.165, 1.54) is 12.3 Å². The smallest absolute Gasteiger partial charge is 0.314 e. The lowest BCUT2D eigenvalue weighted by Crippen LogP contribution is -2.22. The quantitative estimate of drug-likeness (QED) is 0.768. The van der Waals surface area contributed by atoms with Gasteiger partial charge in [-0.2, -0.15) is 13.2 Å². The van der Waals surface area contributed by atoms with Crippen LogP contribution in [0.5, 0.6) is 0 Å². The Morgan fingerprint density at radius 3 is 2.57 bits per heavy atom. The number of alkyl halides is 3. The van der Waals surface area contributed by atoms with Gasteiger partial charge in [-0.1, -0.05) is 0 Å². The van der Waals surface area contributed by atoms with Crippen LogP contribution in [0.15, 0.2) is 23.1 Å². The summed E-state index contributed by atoms with van der Waals surface area (Å²) in [4.78, 5) is 11.1. The van der Waals surface area contributed by atoms with E-state index in [-0.39, 0.29) is 6.54 Å². The number of halogens is 4. The minimum absolute atomic E-state index is 0.320. The minimum Gasteiger partial charge on any atom is -0.314 e. The molecule has 0 aliphatic heterocycles. The minimum atomic E-state index is -4.22. The van der Waals surface area contributed by atoms with E-state index in [0.717, 1.165) is 8.14 Å². The topological polar surface area (TPSA) is 22.0 Å². The monoisotopic (exact) mass is 317 g/mol. The fraction of sp³-hybridized carbons (Fsp3) is 0.375. The maximum absolute atomic E-state index is 11.9. The van der Waals surface area contributed by atoms with Gasteiger partial charge in [0.05, 0.1) is 6.42 Å². The predicted molar refractivity (Wildman–Crippen MR) is 54.1 cm³/mol. The molecular weight excluding hydrogens is 310 g/mol. The van der Waals surface area contributed by atoms with Crippen LogP contribution in [0.3, 0.4) is 0 Å². The molecule has 0 aliphatic rings. The van der Waals surface area contributed by atoms with Crippen LogP contribution in [0.2, 0.25) is 0 Å². The Balaban J connectivity index is 2.77. The lowest BCUT2D eigenvalue weighted by atomic mass is 10.4. The number of rotatable bonds is 2. The summed E-state index contributed by atoms with van der Waals surface area (Å²) in [5.74, 6) is 0. The number of hydrogen-bond acceptors (Lipinski definition) is 1. The molecule has 1 aromatic heterocycles. The summed E-state index contributed by atoms with van der Waals surface area (Å²) in [7, 11) is 0. The number of nitrogens with zero attached hydrogens (tertiary/aromatic N) is 1. The van der Waals surface area contributed by atoms with E-state index >= 15 is 0 Å². The van der Waals surface area contributed by atoms with Crippen molar-refractivity contribution in [3.63, 3.8) is 0 Å². The van der Waals surface area contributed by atoms with Crippen molar-refractivity contribution >= 4 is 22.6 Å². The van der Waals surface area contributed by atoms with E-state index in [2.05, 4.69) is 0 Å². The summed E-state index contributed by atoms with van der Waals surface area (Å²) < 4.78 is 37.4. The third-order valence-electron chi connectivity index (χ3n) is 1.58. The molecule has 0 aromatic carbocycles. The zero-order valence-electron chi connectivity index (χ0n) is 7.01. The van der Waals surface area contributed by atoms with Gasteiger partial charge in [0.2, 0.25) is 0 Å². The average molecular weight is 317 g/mol. The van der Waals surface area contributed by atoms with Crippen LogP contribution in [0, 0.1) is 3.57 Å². The van der Waals surface area contributed by atoms with E-state index in [9.17, 15) is 18.0 Å². The molecule has 14 heavy (non-hydrogen) atoms. The van der Waals surface area contributed by atoms with Gasteiger partial charge in [0.25, 0.3) is 5.56 Å². The Morgan fingerprint density at radius 2 is 2.00 bits per heavy atom. The summed E-state index contributed by atoms with van der Waals surface area (Å²) in [5, 5.41) is 0. The van der Waals surface area contributed by atoms with Crippen LogP contribution in [-0.2, 0) is 6.54 Å². The predicted octanol–water partition coefficient (Wildman–Crippen LogP) is 2.41. The Labute approximate surface area is 91.9 Å². The Bertz CT molecular complexity index is 372. The van der Waals surface area contributed by atoms with Crippen molar-refractivity contribution in [2.24, 2.45) is 0 Å². The van der Waals surface area contributed by atoms with Crippen LogP contribution in [-0.4, -0.2) is 10.7 Å². The molecule has 0 fully saturated rings. The molecule has 0 unspecified atom stereocenters. The van der Waals surface area contributed by atoms with Crippen LogP contribution < -0.4 is 5.56 Å². The number of aryl methyl sites for hydroxylation is 1. The largest absolute Gasteiger partial charge is 0.390 e. The summed E-state index contributed by atoms with van der Waals surface area (Å²) in [5.41, 5.74) is -0.408. The van der Waals surface area contributed by atoms with Gasteiger partial charge < -0.3 is 4.57 Å². The fourth-order valence-corrected chi connectivity index (χ4v) is 1.44. The molecule has 0 bridgehead atoms. The van der Waals surface area contributed by atoms with E-state index in [4.69, 9.17) is 0 Å². The van der Waals surface area contributed by atoms with Crippen molar-refractivity contribution in [3.8, 4) is 0 Å². The first kappa shape index (κ1) is 11.5. The number of pyridine rings is 1. The summed E-state index contributed by atoms with van der Waals surface area (Å²) in [6, 6.07) is 2.82. The van der Waals surface area contributed by atoms with Crippen LogP contribution >= 0.6 is 22.6 Å². The van der Waals surface area contributed by atoms with Crippen molar-refractivity contribution in [3.05, 3.63) is 32.3 Å². The first-order chi connectivity index (χ1) is 6.38. The van der Waals surface area contributed by atoms with Crippen molar-refractivity contribution in [2.75, 3.05) is 0 Å². The standard InChI is InChI=1S/C8H7F3INO/c9-8(10,11)3-4-13-5-6(12)1-2-7(13)14/h1-2,5H,3-4H2. The van der Waals surface area contributed by atoms with E-state index < -0.39 is 18.2 Å². The third-order valence-corrected chi connectivity index (χ3v) is 2.22. The summed E-state index contributed by atoms with van der Waals surface area (Å²) in [6.07, 6.45) is -3.79. The normalized spacial score (nSPS) is 11.7. The molecule has 0 atom stereocenters. The molecule has 6 heteroatoms. The zero-order chi connectivity index (χ0) is 10.8. The summed E-state index contributed by atoms with van der Waals surface area (Å²) in [6.45, 7) is -0.320. The second kappa shape index (κ2) is 4.33. The lowest BCUT2D eigenvalue weighted by molar-refractivity contribution is -0.136. The average Bonchev–Trinajstić information content (AvgIpc) is 2.05. The molecule has 1 aromatic rings. The highest BCUT2D eigenvalue weighted by Gasteiger charge is 2.26. The zero-order valence-corrected chi connectivity index (χ0v) is 9.17. The van der Waals surface area contributed by atoms with Gasteiger partial charge in [-0.05, 0) is 28.7 Å². The number of aromatic nitrogens is 1. The highest BCUT2D eigenvalue weighted by Crippen LogP contribution is 2.19. The van der Waals surface area contributed by atoms with Gasteiger partial charge in [-0.3, -0.25) is 4.79 Å². The van der Waals surface area contributed by atoms with Crippen LogP contribution in [0.1, 0.15) is 6.42 Å². The molecule has 0 amide bonds. The van der Waals surface area contributed by atoms with Crippen LogP contribution in [0.25, 0.3) is 0 Å². The molecule has 0 N–H and O–H groups in total. The molecule has 0 radical (unpaired) electrons. The Hall–Kier alpha value is -0.530. The second-order valence-electron chi connectivity index (χ2n) is 2.74. The van der Waals surface area contributed by atoms with E-state index in [1.807, 2.05) is 22.6 Å². The second-order valence-corrected chi connectivity index (χ2v) is 3.99. The molecule has 0 saturated heterocycles. The molecular formula is C8H7F3INO.